The van der Waals surface area contributed by atoms with Crippen LogP contribution in [0.15, 0.2) is 29.3 Å². The summed E-state index contributed by atoms with van der Waals surface area (Å²) in [5.41, 5.74) is 0. The monoisotopic (exact) mass is 542 g/mol. The number of amides is 1. The number of guanidine groups is 1. The minimum absolute atomic E-state index is 0. The number of fused-ring (bicyclic) bond motifs is 1. The lowest BCUT2D eigenvalue weighted by Gasteiger charge is -2.27. The summed E-state index contributed by atoms with van der Waals surface area (Å²) in [5.74, 6) is 2.93. The maximum Gasteiger partial charge on any atom is 0.225 e. The molecule has 0 radical (unpaired) electrons. The lowest BCUT2D eigenvalue weighted by molar-refractivity contribution is -0.135. The third-order valence-electron chi connectivity index (χ3n) is 6.16. The Labute approximate surface area is 202 Å². The normalized spacial score (nSPS) is 23.8. The van der Waals surface area contributed by atoms with Gasteiger partial charge in [0.1, 0.15) is 6.61 Å². The highest BCUT2D eigenvalue weighted by atomic mass is 127. The number of likely N-dealkylation sites (tertiary alicyclic amines) is 1. The highest BCUT2D eigenvalue weighted by Gasteiger charge is 2.32. The summed E-state index contributed by atoms with van der Waals surface area (Å²) in [4.78, 5) is 19.6. The van der Waals surface area contributed by atoms with E-state index in [9.17, 15) is 4.79 Å². The number of ether oxygens (including phenoxy) is 2. The van der Waals surface area contributed by atoms with Gasteiger partial charge in [-0.05, 0) is 38.3 Å². The molecule has 4 rings (SSSR count). The van der Waals surface area contributed by atoms with Crippen LogP contribution in [0.1, 0.15) is 45.4 Å². The topological polar surface area (TPSA) is 75.2 Å². The van der Waals surface area contributed by atoms with Gasteiger partial charge in [0.25, 0.3) is 0 Å². The van der Waals surface area contributed by atoms with Crippen LogP contribution < -0.4 is 20.1 Å². The summed E-state index contributed by atoms with van der Waals surface area (Å²) in [6.07, 6.45) is 6.63. The quantitative estimate of drug-likeness (QED) is 0.340. The predicted molar refractivity (Wildman–Crippen MR) is 132 cm³/mol. The molecule has 2 aliphatic heterocycles. The fraction of sp³-hybridized carbons (Fsp3) is 0.652. The van der Waals surface area contributed by atoms with Gasteiger partial charge in [-0.1, -0.05) is 31.4 Å². The van der Waals surface area contributed by atoms with Crippen molar-refractivity contribution in [1.29, 1.82) is 0 Å². The number of benzene rings is 1. The highest BCUT2D eigenvalue weighted by Crippen LogP contribution is 2.31. The van der Waals surface area contributed by atoms with E-state index in [0.717, 1.165) is 56.4 Å². The molecule has 2 N–H and O–H groups in total. The molecule has 1 aromatic rings. The number of rotatable bonds is 5. The highest BCUT2D eigenvalue weighted by molar-refractivity contribution is 14.0. The van der Waals surface area contributed by atoms with Gasteiger partial charge in [0.2, 0.25) is 5.91 Å². The number of carbonyl (C=O) groups is 1. The van der Waals surface area contributed by atoms with Gasteiger partial charge in [0, 0.05) is 31.6 Å². The average Bonchev–Trinajstić information content (AvgIpc) is 3.26. The van der Waals surface area contributed by atoms with Crippen LogP contribution in [-0.2, 0) is 4.79 Å². The first-order valence-corrected chi connectivity index (χ1v) is 11.4. The van der Waals surface area contributed by atoms with Crippen molar-refractivity contribution in [2.45, 2.75) is 57.6 Å². The van der Waals surface area contributed by atoms with Crippen molar-refractivity contribution < 1.29 is 14.3 Å². The minimum atomic E-state index is -0.108. The third kappa shape index (κ3) is 6.40. The number of para-hydroxylation sites is 2. The van der Waals surface area contributed by atoms with Crippen molar-refractivity contribution >= 4 is 35.8 Å². The smallest absolute Gasteiger partial charge is 0.225 e. The first-order chi connectivity index (χ1) is 14.7. The Hall–Kier alpha value is -1.71. The zero-order chi connectivity index (χ0) is 20.8. The Bertz CT molecular complexity index is 754. The van der Waals surface area contributed by atoms with E-state index < -0.39 is 0 Å². The molecule has 0 spiro atoms. The van der Waals surface area contributed by atoms with Crippen LogP contribution in [0.4, 0.5) is 0 Å². The minimum Gasteiger partial charge on any atom is -0.486 e. The van der Waals surface area contributed by atoms with Gasteiger partial charge in [-0.2, -0.15) is 0 Å². The van der Waals surface area contributed by atoms with E-state index in [1.54, 1.807) is 0 Å². The molecule has 172 valence electrons. The van der Waals surface area contributed by atoms with E-state index in [4.69, 9.17) is 14.5 Å². The average molecular weight is 542 g/mol. The van der Waals surface area contributed by atoms with Crippen LogP contribution in [-0.4, -0.2) is 61.7 Å². The molecule has 1 saturated heterocycles. The number of aliphatic imine (C=N–C) groups is 1. The standard InChI is InChI=1S/C23H34N4O3.HI/c1-2-24-23(25-14-19-16-29-20-10-6-7-11-21(20)30-19)26-18-12-13-27(15-18)22(28)17-8-4-3-5-9-17;/h6-7,10-11,17-19H,2-5,8-9,12-16H2,1H3,(H2,24,25,26);1H. The van der Waals surface area contributed by atoms with Gasteiger partial charge < -0.3 is 25.0 Å². The van der Waals surface area contributed by atoms with E-state index in [-0.39, 0.29) is 42.0 Å². The fourth-order valence-electron chi connectivity index (χ4n) is 4.55. The summed E-state index contributed by atoms with van der Waals surface area (Å²) in [6, 6.07) is 7.96. The number of nitrogens with one attached hydrogen (secondary N) is 2. The van der Waals surface area contributed by atoms with Crippen LogP contribution in [0.5, 0.6) is 11.5 Å². The predicted octanol–water partition coefficient (Wildman–Crippen LogP) is 3.18. The zero-order valence-electron chi connectivity index (χ0n) is 18.3. The van der Waals surface area contributed by atoms with Gasteiger partial charge in [0.15, 0.2) is 23.6 Å². The molecule has 2 unspecified atom stereocenters. The maximum atomic E-state index is 12.8. The second-order valence-electron chi connectivity index (χ2n) is 8.47. The molecule has 2 atom stereocenters. The van der Waals surface area contributed by atoms with Gasteiger partial charge >= 0.3 is 0 Å². The van der Waals surface area contributed by atoms with Crippen molar-refractivity contribution in [2.24, 2.45) is 10.9 Å². The van der Waals surface area contributed by atoms with Crippen LogP contribution >= 0.6 is 24.0 Å². The van der Waals surface area contributed by atoms with Crippen molar-refractivity contribution in [3.8, 4) is 11.5 Å². The van der Waals surface area contributed by atoms with Gasteiger partial charge in [-0.25, -0.2) is 4.99 Å². The Morgan fingerprint density at radius 1 is 1.16 bits per heavy atom. The lowest BCUT2D eigenvalue weighted by Crippen LogP contribution is -2.46. The lowest BCUT2D eigenvalue weighted by atomic mass is 9.88. The van der Waals surface area contributed by atoms with E-state index >= 15 is 0 Å². The molecular formula is C23H35IN4O3. The number of hydrogen-bond acceptors (Lipinski definition) is 4. The molecule has 8 heteroatoms. The maximum absolute atomic E-state index is 12.8. The fourth-order valence-corrected chi connectivity index (χ4v) is 4.55. The van der Waals surface area contributed by atoms with Gasteiger partial charge in [0.05, 0.1) is 6.54 Å². The van der Waals surface area contributed by atoms with Crippen LogP contribution in [0, 0.1) is 5.92 Å². The number of halogens is 1. The Balaban J connectivity index is 0.00000272. The summed E-state index contributed by atoms with van der Waals surface area (Å²) in [5, 5.41) is 6.83. The Morgan fingerprint density at radius 2 is 1.94 bits per heavy atom. The SMILES string of the molecule is CCNC(=NCC1COc2ccccc2O1)NC1CCN(C(=O)C2CCCCC2)C1.I. The molecule has 31 heavy (non-hydrogen) atoms. The van der Waals surface area contributed by atoms with Crippen molar-refractivity contribution in [1.82, 2.24) is 15.5 Å². The third-order valence-corrected chi connectivity index (χ3v) is 6.16. The molecule has 2 heterocycles. The molecule has 7 nitrogen and oxygen atoms in total. The van der Waals surface area contributed by atoms with E-state index in [1.807, 2.05) is 29.2 Å². The molecule has 1 saturated carbocycles. The van der Waals surface area contributed by atoms with Gasteiger partial charge in [-0.15, -0.1) is 24.0 Å². The van der Waals surface area contributed by atoms with Crippen LogP contribution in [0.25, 0.3) is 0 Å². The van der Waals surface area contributed by atoms with Crippen molar-refractivity contribution in [3.63, 3.8) is 0 Å². The number of carbonyl (C=O) groups excluding carboxylic acids is 1. The second-order valence-corrected chi connectivity index (χ2v) is 8.47. The van der Waals surface area contributed by atoms with Crippen molar-refractivity contribution in [3.05, 3.63) is 24.3 Å². The van der Waals surface area contributed by atoms with Crippen molar-refractivity contribution in [2.75, 3.05) is 32.8 Å². The molecule has 0 aromatic heterocycles. The summed E-state index contributed by atoms with van der Waals surface area (Å²) < 4.78 is 11.8. The summed E-state index contributed by atoms with van der Waals surface area (Å²) in [6.45, 7) is 5.45. The molecule has 3 aliphatic rings. The largest absolute Gasteiger partial charge is 0.486 e. The van der Waals surface area contributed by atoms with E-state index in [1.165, 1.54) is 19.3 Å². The summed E-state index contributed by atoms with van der Waals surface area (Å²) in [7, 11) is 0. The number of nitrogens with zero attached hydrogens (tertiary/aromatic N) is 2. The first-order valence-electron chi connectivity index (χ1n) is 11.4. The molecule has 2 fully saturated rings. The van der Waals surface area contributed by atoms with E-state index in [2.05, 4.69) is 17.6 Å². The summed E-state index contributed by atoms with van der Waals surface area (Å²) >= 11 is 0. The number of hydrogen-bond donors (Lipinski definition) is 2. The molecule has 1 aromatic carbocycles. The van der Waals surface area contributed by atoms with Crippen LogP contribution in [0.2, 0.25) is 0 Å². The Morgan fingerprint density at radius 3 is 2.71 bits per heavy atom. The second kappa shape index (κ2) is 11.8. The molecule has 0 bridgehead atoms. The Kier molecular flexibility index (Phi) is 9.10. The molecule has 1 aliphatic carbocycles. The zero-order valence-corrected chi connectivity index (χ0v) is 20.7. The molecule has 1 amide bonds. The van der Waals surface area contributed by atoms with Crippen LogP contribution in [0.3, 0.4) is 0 Å². The first kappa shape index (κ1) is 23.9. The van der Waals surface area contributed by atoms with Gasteiger partial charge in [-0.3, -0.25) is 4.79 Å². The van der Waals surface area contributed by atoms with E-state index in [0.29, 0.717) is 19.1 Å². The molecular weight excluding hydrogens is 507 g/mol.